The van der Waals surface area contributed by atoms with E-state index >= 15 is 0 Å². The molecule has 1 heteroatoms. The fourth-order valence-corrected chi connectivity index (χ4v) is 3.45. The van der Waals surface area contributed by atoms with Crippen molar-refractivity contribution >= 4 is 21.8 Å². The molecule has 0 amide bonds. The number of H-pyrrole nitrogens is 1. The monoisotopic (exact) mass is 299 g/mol. The van der Waals surface area contributed by atoms with Crippen LogP contribution in [0, 0.1) is 0 Å². The van der Waals surface area contributed by atoms with Crippen LogP contribution in [-0.4, -0.2) is 4.98 Å². The zero-order valence-electron chi connectivity index (χ0n) is 13.9. The standard InChI is InChI=1S/C22H21N/c1-22(2,3)18-14-13-17-16-11-7-8-12-19(16)23-21(17)20(18)15-9-5-4-6-10-15/h4-14,23H,1-3H3. The summed E-state index contributed by atoms with van der Waals surface area (Å²) >= 11 is 0. The average Bonchev–Trinajstić information content (AvgIpc) is 2.92. The molecule has 0 fully saturated rings. The lowest BCUT2D eigenvalue weighted by Crippen LogP contribution is -2.13. The SMILES string of the molecule is CC(C)(C)c1ccc2c([nH]c3ccccc32)c1-c1ccccc1. The molecule has 1 N–H and O–H groups in total. The molecule has 114 valence electrons. The summed E-state index contributed by atoms with van der Waals surface area (Å²) in [5.41, 5.74) is 6.51. The molecule has 1 heterocycles. The molecule has 0 bridgehead atoms. The first-order valence-electron chi connectivity index (χ1n) is 8.15. The number of aromatic amines is 1. The molecule has 0 saturated carbocycles. The lowest BCUT2D eigenvalue weighted by Gasteiger charge is -2.24. The van der Waals surface area contributed by atoms with Crippen molar-refractivity contribution in [1.82, 2.24) is 4.98 Å². The van der Waals surface area contributed by atoms with Gasteiger partial charge in [0.1, 0.15) is 0 Å². The minimum absolute atomic E-state index is 0.0939. The van der Waals surface area contributed by atoms with Crippen LogP contribution in [0.3, 0.4) is 0 Å². The van der Waals surface area contributed by atoms with Crippen molar-refractivity contribution in [3.05, 3.63) is 72.3 Å². The first-order chi connectivity index (χ1) is 11.1. The summed E-state index contributed by atoms with van der Waals surface area (Å²) in [4.78, 5) is 3.66. The molecule has 4 aromatic rings. The van der Waals surface area contributed by atoms with Crippen LogP contribution >= 0.6 is 0 Å². The van der Waals surface area contributed by atoms with Gasteiger partial charge in [-0.25, -0.2) is 0 Å². The van der Waals surface area contributed by atoms with Crippen LogP contribution in [0.15, 0.2) is 66.7 Å². The van der Waals surface area contributed by atoms with Crippen LogP contribution in [0.2, 0.25) is 0 Å². The van der Waals surface area contributed by atoms with Gasteiger partial charge in [0.25, 0.3) is 0 Å². The highest BCUT2D eigenvalue weighted by molar-refractivity contribution is 6.12. The molecule has 0 saturated heterocycles. The minimum Gasteiger partial charge on any atom is -0.354 e. The third-order valence-electron chi connectivity index (χ3n) is 4.55. The molecule has 23 heavy (non-hydrogen) atoms. The van der Waals surface area contributed by atoms with Crippen LogP contribution in [0.1, 0.15) is 26.3 Å². The molecule has 1 aromatic heterocycles. The number of nitrogens with one attached hydrogen (secondary N) is 1. The summed E-state index contributed by atoms with van der Waals surface area (Å²) in [5, 5.41) is 2.59. The van der Waals surface area contributed by atoms with E-state index in [2.05, 4.69) is 92.5 Å². The Hall–Kier alpha value is -2.54. The van der Waals surface area contributed by atoms with Gasteiger partial charge in [0.05, 0.1) is 5.52 Å². The van der Waals surface area contributed by atoms with E-state index < -0.39 is 0 Å². The first kappa shape index (κ1) is 14.1. The van der Waals surface area contributed by atoms with Gasteiger partial charge < -0.3 is 4.98 Å². The predicted molar refractivity (Wildman–Crippen MR) is 99.9 cm³/mol. The summed E-state index contributed by atoms with van der Waals surface area (Å²) in [6.45, 7) is 6.84. The molecule has 0 aliphatic heterocycles. The molecule has 4 rings (SSSR count). The maximum atomic E-state index is 3.66. The number of aromatic nitrogens is 1. The first-order valence-corrected chi connectivity index (χ1v) is 8.15. The summed E-state index contributed by atoms with van der Waals surface area (Å²) in [6, 6.07) is 23.8. The number of fused-ring (bicyclic) bond motifs is 3. The van der Waals surface area contributed by atoms with E-state index in [1.807, 2.05) is 0 Å². The lowest BCUT2D eigenvalue weighted by atomic mass is 9.81. The van der Waals surface area contributed by atoms with Gasteiger partial charge in [0, 0.05) is 21.9 Å². The topological polar surface area (TPSA) is 15.8 Å². The van der Waals surface area contributed by atoms with Crippen molar-refractivity contribution in [3.63, 3.8) is 0 Å². The van der Waals surface area contributed by atoms with Crippen LogP contribution in [0.4, 0.5) is 0 Å². The molecule has 0 aliphatic carbocycles. The van der Waals surface area contributed by atoms with E-state index in [-0.39, 0.29) is 5.41 Å². The van der Waals surface area contributed by atoms with E-state index in [0.29, 0.717) is 0 Å². The Labute approximate surface area is 137 Å². The van der Waals surface area contributed by atoms with Gasteiger partial charge in [0.15, 0.2) is 0 Å². The number of benzene rings is 3. The van der Waals surface area contributed by atoms with E-state index in [1.165, 1.54) is 38.5 Å². The van der Waals surface area contributed by atoms with Crippen LogP contribution < -0.4 is 0 Å². The molecule has 1 nitrogen and oxygen atoms in total. The maximum Gasteiger partial charge on any atom is 0.0547 e. The zero-order valence-corrected chi connectivity index (χ0v) is 13.9. The molecular weight excluding hydrogens is 278 g/mol. The van der Waals surface area contributed by atoms with Crippen LogP contribution in [-0.2, 0) is 5.41 Å². The van der Waals surface area contributed by atoms with Crippen LogP contribution in [0.5, 0.6) is 0 Å². The molecule has 3 aromatic carbocycles. The number of para-hydroxylation sites is 1. The summed E-state index contributed by atoms with van der Waals surface area (Å²) in [7, 11) is 0. The van der Waals surface area contributed by atoms with Gasteiger partial charge in [0.2, 0.25) is 0 Å². The fourth-order valence-electron chi connectivity index (χ4n) is 3.45. The molecule has 0 unspecified atom stereocenters. The average molecular weight is 299 g/mol. The number of hydrogen-bond acceptors (Lipinski definition) is 0. The summed E-state index contributed by atoms with van der Waals surface area (Å²) < 4.78 is 0. The quantitative estimate of drug-likeness (QED) is 0.425. The number of rotatable bonds is 1. The highest BCUT2D eigenvalue weighted by Gasteiger charge is 2.22. The lowest BCUT2D eigenvalue weighted by molar-refractivity contribution is 0.592. The molecule has 0 spiro atoms. The van der Waals surface area contributed by atoms with E-state index in [9.17, 15) is 0 Å². The highest BCUT2D eigenvalue weighted by atomic mass is 14.7. The second kappa shape index (κ2) is 4.99. The zero-order chi connectivity index (χ0) is 16.0. The van der Waals surface area contributed by atoms with Crippen molar-refractivity contribution in [2.24, 2.45) is 0 Å². The second-order valence-corrected chi connectivity index (χ2v) is 7.20. The van der Waals surface area contributed by atoms with Crippen molar-refractivity contribution < 1.29 is 0 Å². The molecule has 0 aliphatic rings. The largest absolute Gasteiger partial charge is 0.354 e. The van der Waals surface area contributed by atoms with Crippen molar-refractivity contribution in [1.29, 1.82) is 0 Å². The smallest absolute Gasteiger partial charge is 0.0547 e. The Morgan fingerprint density at radius 3 is 2.13 bits per heavy atom. The summed E-state index contributed by atoms with van der Waals surface area (Å²) in [5.74, 6) is 0. The molecule has 0 radical (unpaired) electrons. The third kappa shape index (κ3) is 2.24. The van der Waals surface area contributed by atoms with Gasteiger partial charge in [-0.05, 0) is 22.6 Å². The van der Waals surface area contributed by atoms with Gasteiger partial charge in [-0.3, -0.25) is 0 Å². The van der Waals surface area contributed by atoms with Gasteiger partial charge in [-0.1, -0.05) is 81.4 Å². The van der Waals surface area contributed by atoms with Crippen molar-refractivity contribution in [2.75, 3.05) is 0 Å². The van der Waals surface area contributed by atoms with E-state index in [0.717, 1.165) is 0 Å². The molecule has 0 atom stereocenters. The van der Waals surface area contributed by atoms with E-state index in [4.69, 9.17) is 0 Å². The Morgan fingerprint density at radius 1 is 0.696 bits per heavy atom. The Kier molecular flexibility index (Phi) is 3.05. The summed E-state index contributed by atoms with van der Waals surface area (Å²) in [6.07, 6.45) is 0. The number of hydrogen-bond donors (Lipinski definition) is 1. The third-order valence-corrected chi connectivity index (χ3v) is 4.55. The highest BCUT2D eigenvalue weighted by Crippen LogP contribution is 2.40. The van der Waals surface area contributed by atoms with Crippen molar-refractivity contribution in [2.45, 2.75) is 26.2 Å². The maximum absolute atomic E-state index is 3.66. The fraction of sp³-hybridized carbons (Fsp3) is 0.182. The van der Waals surface area contributed by atoms with E-state index in [1.54, 1.807) is 0 Å². The predicted octanol–water partition coefficient (Wildman–Crippen LogP) is 6.29. The Balaban J connectivity index is 2.18. The van der Waals surface area contributed by atoms with Crippen molar-refractivity contribution in [3.8, 4) is 11.1 Å². The second-order valence-electron chi connectivity index (χ2n) is 7.20. The van der Waals surface area contributed by atoms with Crippen LogP contribution in [0.25, 0.3) is 32.9 Å². The minimum atomic E-state index is 0.0939. The molecular formula is C22H21N. The van der Waals surface area contributed by atoms with Gasteiger partial charge in [-0.15, -0.1) is 0 Å². The Morgan fingerprint density at radius 2 is 1.39 bits per heavy atom. The Bertz CT molecular complexity index is 985. The normalized spacial score (nSPS) is 12.1. The van der Waals surface area contributed by atoms with Gasteiger partial charge in [-0.2, -0.15) is 0 Å². The van der Waals surface area contributed by atoms with Gasteiger partial charge >= 0.3 is 0 Å².